The van der Waals surface area contributed by atoms with Crippen LogP contribution in [0.15, 0.2) is 54.6 Å². The molecule has 0 radical (unpaired) electrons. The molecule has 2 heteroatoms. The Labute approximate surface area is 159 Å². The zero-order valence-corrected chi connectivity index (χ0v) is 15.7. The van der Waals surface area contributed by atoms with Crippen LogP contribution in [0.4, 0.5) is 8.78 Å². The minimum absolute atomic E-state index is 0.716. The van der Waals surface area contributed by atoms with Crippen molar-refractivity contribution < 1.29 is 8.78 Å². The molecule has 1 aliphatic rings. The number of hydrogen-bond acceptors (Lipinski definition) is 0. The molecule has 3 aromatic carbocycles. The summed E-state index contributed by atoms with van der Waals surface area (Å²) in [5.74, 6) is -1.61. The van der Waals surface area contributed by atoms with Crippen molar-refractivity contribution in [3.63, 3.8) is 0 Å². The summed E-state index contributed by atoms with van der Waals surface area (Å²) in [6.07, 6.45) is 6.96. The van der Waals surface area contributed by atoms with Gasteiger partial charge in [0.15, 0.2) is 11.6 Å². The highest BCUT2D eigenvalue weighted by Gasteiger charge is 2.17. The molecule has 0 spiro atoms. The lowest BCUT2D eigenvalue weighted by Crippen LogP contribution is -2.05. The maximum Gasteiger partial charge on any atom is 0.159 e. The Bertz CT molecular complexity index is 972. The van der Waals surface area contributed by atoms with Gasteiger partial charge in [-0.1, -0.05) is 62.2 Å². The van der Waals surface area contributed by atoms with Crippen LogP contribution >= 0.6 is 0 Å². The molecular formula is C25H24F2. The van der Waals surface area contributed by atoms with E-state index >= 15 is 0 Å². The molecule has 0 saturated carbocycles. The number of halogens is 2. The summed E-state index contributed by atoms with van der Waals surface area (Å²) < 4.78 is 26.8. The van der Waals surface area contributed by atoms with Crippen LogP contribution in [0.2, 0.25) is 0 Å². The third kappa shape index (κ3) is 3.66. The SMILES string of the molecule is CCCCCc1ccc2c(c1)CCc1cc(-c3ccc(F)c(F)c3)ccc1-2. The van der Waals surface area contributed by atoms with Crippen LogP contribution < -0.4 is 0 Å². The molecule has 0 bridgehead atoms. The van der Waals surface area contributed by atoms with E-state index in [9.17, 15) is 8.78 Å². The van der Waals surface area contributed by atoms with Gasteiger partial charge in [0.1, 0.15) is 0 Å². The minimum atomic E-state index is -0.805. The first-order valence-electron chi connectivity index (χ1n) is 9.86. The third-order valence-electron chi connectivity index (χ3n) is 5.55. The van der Waals surface area contributed by atoms with E-state index < -0.39 is 11.6 Å². The first kappa shape index (κ1) is 17.9. The van der Waals surface area contributed by atoms with E-state index in [0.29, 0.717) is 5.56 Å². The van der Waals surface area contributed by atoms with Gasteiger partial charge in [-0.25, -0.2) is 8.78 Å². The van der Waals surface area contributed by atoms with Gasteiger partial charge in [0, 0.05) is 0 Å². The normalized spacial score (nSPS) is 12.6. The van der Waals surface area contributed by atoms with Gasteiger partial charge in [-0.3, -0.25) is 0 Å². The molecule has 1 aliphatic carbocycles. The van der Waals surface area contributed by atoms with E-state index in [4.69, 9.17) is 0 Å². The summed E-state index contributed by atoms with van der Waals surface area (Å²) in [4.78, 5) is 0. The van der Waals surface area contributed by atoms with Crippen molar-refractivity contribution in [2.24, 2.45) is 0 Å². The van der Waals surface area contributed by atoms with Crippen molar-refractivity contribution in [3.8, 4) is 22.3 Å². The van der Waals surface area contributed by atoms with Crippen molar-refractivity contribution >= 4 is 0 Å². The van der Waals surface area contributed by atoms with Gasteiger partial charge in [-0.15, -0.1) is 0 Å². The van der Waals surface area contributed by atoms with Crippen LogP contribution in [-0.4, -0.2) is 0 Å². The highest BCUT2D eigenvalue weighted by atomic mass is 19.2. The van der Waals surface area contributed by atoms with Crippen molar-refractivity contribution in [2.45, 2.75) is 45.4 Å². The molecule has 138 valence electrons. The van der Waals surface area contributed by atoms with Gasteiger partial charge >= 0.3 is 0 Å². The molecule has 4 rings (SSSR count). The van der Waals surface area contributed by atoms with Crippen LogP contribution in [-0.2, 0) is 19.3 Å². The van der Waals surface area contributed by atoms with Crippen LogP contribution in [0.5, 0.6) is 0 Å². The molecule has 27 heavy (non-hydrogen) atoms. The quantitative estimate of drug-likeness (QED) is 0.424. The first-order chi connectivity index (χ1) is 13.2. The van der Waals surface area contributed by atoms with Crippen molar-refractivity contribution in [1.29, 1.82) is 0 Å². The Balaban J connectivity index is 1.64. The topological polar surface area (TPSA) is 0 Å². The van der Waals surface area contributed by atoms with Gasteiger partial charge in [-0.2, -0.15) is 0 Å². The number of hydrogen-bond donors (Lipinski definition) is 0. The van der Waals surface area contributed by atoms with E-state index in [2.05, 4.69) is 37.3 Å². The first-order valence-corrected chi connectivity index (χ1v) is 9.86. The predicted octanol–water partition coefficient (Wildman–Crippen LogP) is 7.13. The second-order valence-corrected chi connectivity index (χ2v) is 7.45. The average molecular weight is 362 g/mol. The molecular weight excluding hydrogens is 338 g/mol. The predicted molar refractivity (Wildman–Crippen MR) is 108 cm³/mol. The Morgan fingerprint density at radius 3 is 2.11 bits per heavy atom. The summed E-state index contributed by atoms with van der Waals surface area (Å²) in [7, 11) is 0. The average Bonchev–Trinajstić information content (AvgIpc) is 2.69. The molecule has 0 aromatic heterocycles. The zero-order chi connectivity index (χ0) is 18.8. The monoisotopic (exact) mass is 362 g/mol. The van der Waals surface area contributed by atoms with Crippen LogP contribution in [0.3, 0.4) is 0 Å². The Morgan fingerprint density at radius 2 is 1.37 bits per heavy atom. The Morgan fingerprint density at radius 1 is 0.704 bits per heavy atom. The number of aryl methyl sites for hydroxylation is 3. The van der Waals surface area contributed by atoms with E-state index in [1.807, 2.05) is 6.07 Å². The molecule has 0 amide bonds. The lowest BCUT2D eigenvalue weighted by molar-refractivity contribution is 0.509. The number of unbranched alkanes of at least 4 members (excludes halogenated alkanes) is 2. The van der Waals surface area contributed by atoms with Gasteiger partial charge < -0.3 is 0 Å². The number of rotatable bonds is 5. The second-order valence-electron chi connectivity index (χ2n) is 7.45. The van der Waals surface area contributed by atoms with E-state index in [-0.39, 0.29) is 0 Å². The summed E-state index contributed by atoms with van der Waals surface area (Å²) in [5.41, 5.74) is 8.38. The molecule has 0 nitrogen and oxygen atoms in total. The molecule has 0 heterocycles. The molecule has 0 saturated heterocycles. The van der Waals surface area contributed by atoms with Crippen LogP contribution in [0.25, 0.3) is 22.3 Å². The van der Waals surface area contributed by atoms with Crippen molar-refractivity contribution in [3.05, 3.63) is 82.9 Å². The number of fused-ring (bicyclic) bond motifs is 3. The molecule has 0 fully saturated rings. The highest BCUT2D eigenvalue weighted by Crippen LogP contribution is 2.36. The largest absolute Gasteiger partial charge is 0.204 e. The summed E-state index contributed by atoms with van der Waals surface area (Å²) in [6, 6.07) is 17.3. The zero-order valence-electron chi connectivity index (χ0n) is 15.7. The molecule has 3 aromatic rings. The fourth-order valence-electron chi connectivity index (χ4n) is 4.04. The van der Waals surface area contributed by atoms with Gasteiger partial charge in [-0.05, 0) is 76.8 Å². The maximum atomic E-state index is 13.6. The smallest absolute Gasteiger partial charge is 0.159 e. The third-order valence-corrected chi connectivity index (χ3v) is 5.55. The van der Waals surface area contributed by atoms with Crippen LogP contribution in [0.1, 0.15) is 42.9 Å². The maximum absolute atomic E-state index is 13.6. The minimum Gasteiger partial charge on any atom is -0.204 e. The lowest BCUT2D eigenvalue weighted by Gasteiger charge is -2.21. The summed E-state index contributed by atoms with van der Waals surface area (Å²) in [6.45, 7) is 2.23. The van der Waals surface area contributed by atoms with Gasteiger partial charge in [0.2, 0.25) is 0 Å². The molecule has 0 aliphatic heterocycles. The standard InChI is InChI=1S/C25H24F2/c1-2-3-4-5-17-6-11-22-20(14-17)7-8-21-15-18(9-12-23(21)22)19-10-13-24(26)25(27)16-19/h6,9-16H,2-5,7-8H2,1H3. The molecule has 0 N–H and O–H groups in total. The summed E-state index contributed by atoms with van der Waals surface area (Å²) >= 11 is 0. The molecule has 0 unspecified atom stereocenters. The van der Waals surface area contributed by atoms with E-state index in [1.54, 1.807) is 6.07 Å². The summed E-state index contributed by atoms with van der Waals surface area (Å²) in [5, 5.41) is 0. The van der Waals surface area contributed by atoms with Crippen molar-refractivity contribution in [2.75, 3.05) is 0 Å². The number of benzene rings is 3. The molecule has 0 atom stereocenters. The fraction of sp³-hybridized carbons (Fsp3) is 0.280. The van der Waals surface area contributed by atoms with E-state index in [1.165, 1.54) is 59.2 Å². The second kappa shape index (κ2) is 7.64. The van der Waals surface area contributed by atoms with Crippen molar-refractivity contribution in [1.82, 2.24) is 0 Å². The Kier molecular flexibility index (Phi) is 5.07. The van der Waals surface area contributed by atoms with Crippen LogP contribution in [0, 0.1) is 11.6 Å². The van der Waals surface area contributed by atoms with E-state index in [0.717, 1.165) is 24.8 Å². The van der Waals surface area contributed by atoms with Gasteiger partial charge in [0.25, 0.3) is 0 Å². The lowest BCUT2D eigenvalue weighted by atomic mass is 9.83. The fourth-order valence-corrected chi connectivity index (χ4v) is 4.04. The Hall–Kier alpha value is -2.48. The highest BCUT2D eigenvalue weighted by molar-refractivity contribution is 5.77. The van der Waals surface area contributed by atoms with Gasteiger partial charge in [0.05, 0.1) is 0 Å².